The van der Waals surface area contributed by atoms with Gasteiger partial charge in [-0.1, -0.05) is 39.8 Å². The molecule has 0 heterocycles. The summed E-state index contributed by atoms with van der Waals surface area (Å²) in [6.07, 6.45) is 4.14. The average Bonchev–Trinajstić information content (AvgIpc) is 2.47. The molecule has 1 aliphatic carbocycles. The van der Waals surface area contributed by atoms with E-state index in [-0.39, 0.29) is 17.4 Å². The number of aryl methyl sites for hydroxylation is 1. The van der Waals surface area contributed by atoms with Gasteiger partial charge in [-0.2, -0.15) is 5.26 Å². The largest absolute Gasteiger partial charge is 0.489 e. The third-order valence-corrected chi connectivity index (χ3v) is 4.80. The molecule has 0 aliphatic heterocycles. The molecule has 0 spiro atoms. The maximum atomic E-state index is 9.38. The van der Waals surface area contributed by atoms with Crippen molar-refractivity contribution in [2.24, 2.45) is 17.3 Å². The van der Waals surface area contributed by atoms with Crippen molar-refractivity contribution < 1.29 is 4.74 Å². The number of rotatable bonds is 3. The predicted molar refractivity (Wildman–Crippen MR) is 86.1 cm³/mol. The summed E-state index contributed by atoms with van der Waals surface area (Å²) in [5.41, 5.74) is 1.60. The van der Waals surface area contributed by atoms with Gasteiger partial charge in [-0.05, 0) is 54.7 Å². The van der Waals surface area contributed by atoms with E-state index in [0.29, 0.717) is 5.92 Å². The van der Waals surface area contributed by atoms with Crippen LogP contribution in [0.5, 0.6) is 5.75 Å². The fourth-order valence-corrected chi connectivity index (χ4v) is 3.17. The topological polar surface area (TPSA) is 33.0 Å². The van der Waals surface area contributed by atoms with E-state index in [1.165, 1.54) is 5.56 Å². The number of hydrogen-bond donors (Lipinski definition) is 0. The van der Waals surface area contributed by atoms with E-state index in [0.717, 1.165) is 31.4 Å². The molecule has 2 nitrogen and oxygen atoms in total. The average molecular weight is 285 g/mol. The van der Waals surface area contributed by atoms with Crippen LogP contribution in [0.25, 0.3) is 0 Å². The van der Waals surface area contributed by atoms with Crippen LogP contribution >= 0.6 is 0 Å². The van der Waals surface area contributed by atoms with Crippen LogP contribution in [0.2, 0.25) is 0 Å². The second-order valence-electron chi connectivity index (χ2n) is 7.27. The molecule has 1 aromatic rings. The Balaban J connectivity index is 2.08. The minimum atomic E-state index is 0.0226. The van der Waals surface area contributed by atoms with E-state index in [1.807, 2.05) is 12.1 Å². The molecule has 0 saturated heterocycles. The maximum absolute atomic E-state index is 9.38. The molecule has 1 saturated carbocycles. The fraction of sp³-hybridized carbons (Fsp3) is 0.632. The van der Waals surface area contributed by atoms with Gasteiger partial charge in [0.15, 0.2) is 0 Å². The summed E-state index contributed by atoms with van der Waals surface area (Å²) >= 11 is 0. The number of benzene rings is 1. The van der Waals surface area contributed by atoms with Gasteiger partial charge >= 0.3 is 0 Å². The first-order valence-electron chi connectivity index (χ1n) is 8.09. The van der Waals surface area contributed by atoms with Gasteiger partial charge in [-0.3, -0.25) is 0 Å². The summed E-state index contributed by atoms with van der Waals surface area (Å²) in [7, 11) is 0. The van der Waals surface area contributed by atoms with Crippen LogP contribution in [0.3, 0.4) is 0 Å². The van der Waals surface area contributed by atoms with Crippen molar-refractivity contribution in [2.45, 2.75) is 59.5 Å². The third kappa shape index (κ3) is 4.00. The lowest BCUT2D eigenvalue weighted by molar-refractivity contribution is 0.0493. The Hall–Kier alpha value is -1.49. The van der Waals surface area contributed by atoms with E-state index in [2.05, 4.69) is 45.9 Å². The molecule has 2 rings (SSSR count). The van der Waals surface area contributed by atoms with Crippen LogP contribution in [0, 0.1) is 28.6 Å². The Morgan fingerprint density at radius 3 is 2.38 bits per heavy atom. The SMILES string of the molecule is CCc1ccc(OC2CC(C(C)(C)C)CCC2C#N)cc1. The van der Waals surface area contributed by atoms with Gasteiger partial charge in [0, 0.05) is 0 Å². The number of hydrogen-bond acceptors (Lipinski definition) is 2. The molecule has 3 unspecified atom stereocenters. The highest BCUT2D eigenvalue weighted by atomic mass is 16.5. The van der Waals surface area contributed by atoms with Gasteiger partial charge in [0.05, 0.1) is 12.0 Å². The minimum absolute atomic E-state index is 0.0226. The number of nitriles is 1. The van der Waals surface area contributed by atoms with Crippen molar-refractivity contribution in [1.29, 1.82) is 5.26 Å². The lowest BCUT2D eigenvalue weighted by Crippen LogP contribution is -2.37. The zero-order valence-corrected chi connectivity index (χ0v) is 13.7. The summed E-state index contributed by atoms with van der Waals surface area (Å²) in [5, 5.41) is 9.38. The van der Waals surface area contributed by atoms with E-state index >= 15 is 0 Å². The summed E-state index contributed by atoms with van der Waals surface area (Å²) in [6, 6.07) is 10.7. The van der Waals surface area contributed by atoms with Crippen molar-refractivity contribution in [3.63, 3.8) is 0 Å². The van der Waals surface area contributed by atoms with Crippen molar-refractivity contribution in [3.05, 3.63) is 29.8 Å². The van der Waals surface area contributed by atoms with Gasteiger partial charge in [-0.25, -0.2) is 0 Å². The third-order valence-electron chi connectivity index (χ3n) is 4.80. The minimum Gasteiger partial charge on any atom is -0.489 e. The van der Waals surface area contributed by atoms with Crippen LogP contribution in [-0.4, -0.2) is 6.10 Å². The molecule has 0 bridgehead atoms. The molecular formula is C19H27NO. The fourth-order valence-electron chi connectivity index (χ4n) is 3.17. The van der Waals surface area contributed by atoms with Crippen molar-refractivity contribution >= 4 is 0 Å². The van der Waals surface area contributed by atoms with Gasteiger partial charge in [0.1, 0.15) is 11.9 Å². The van der Waals surface area contributed by atoms with Crippen LogP contribution in [0.15, 0.2) is 24.3 Å². The quantitative estimate of drug-likeness (QED) is 0.784. The molecule has 0 N–H and O–H groups in total. The molecule has 21 heavy (non-hydrogen) atoms. The zero-order chi connectivity index (χ0) is 15.5. The molecule has 0 aromatic heterocycles. The lowest BCUT2D eigenvalue weighted by Gasteiger charge is -2.39. The Morgan fingerprint density at radius 2 is 1.86 bits per heavy atom. The van der Waals surface area contributed by atoms with Gasteiger partial charge in [0.2, 0.25) is 0 Å². The predicted octanol–water partition coefficient (Wildman–Crippen LogP) is 4.98. The Morgan fingerprint density at radius 1 is 1.19 bits per heavy atom. The van der Waals surface area contributed by atoms with E-state index in [4.69, 9.17) is 4.74 Å². The Kier molecular flexibility index (Phi) is 4.93. The summed E-state index contributed by atoms with van der Waals surface area (Å²) in [5.74, 6) is 1.54. The van der Waals surface area contributed by atoms with E-state index in [9.17, 15) is 5.26 Å². The maximum Gasteiger partial charge on any atom is 0.119 e. The van der Waals surface area contributed by atoms with Gasteiger partial charge in [-0.15, -0.1) is 0 Å². The molecule has 1 fully saturated rings. The molecule has 114 valence electrons. The smallest absolute Gasteiger partial charge is 0.119 e. The Bertz CT molecular complexity index is 492. The number of ether oxygens (including phenoxy) is 1. The first kappa shape index (κ1) is 15.9. The van der Waals surface area contributed by atoms with Crippen molar-refractivity contribution in [2.75, 3.05) is 0 Å². The number of nitrogens with zero attached hydrogens (tertiary/aromatic N) is 1. The summed E-state index contributed by atoms with van der Waals surface area (Å²) in [4.78, 5) is 0. The highest BCUT2D eigenvalue weighted by Gasteiger charge is 2.37. The molecule has 1 aromatic carbocycles. The molecular weight excluding hydrogens is 258 g/mol. The standard InChI is InChI=1S/C19H27NO/c1-5-14-6-10-17(11-7-14)21-18-12-16(19(2,3)4)9-8-15(18)13-20/h6-7,10-11,15-16,18H,5,8-9,12H2,1-4H3. The van der Waals surface area contributed by atoms with Crippen LogP contribution in [0.4, 0.5) is 0 Å². The second kappa shape index (κ2) is 6.52. The first-order valence-corrected chi connectivity index (χ1v) is 8.09. The molecule has 2 heteroatoms. The van der Waals surface area contributed by atoms with Crippen molar-refractivity contribution in [1.82, 2.24) is 0 Å². The van der Waals surface area contributed by atoms with Crippen LogP contribution in [-0.2, 0) is 6.42 Å². The first-order chi connectivity index (χ1) is 9.94. The molecule has 0 radical (unpaired) electrons. The molecule has 0 amide bonds. The highest BCUT2D eigenvalue weighted by Crippen LogP contribution is 2.41. The van der Waals surface area contributed by atoms with Gasteiger partial charge in [0.25, 0.3) is 0 Å². The summed E-state index contributed by atoms with van der Waals surface area (Å²) in [6.45, 7) is 9.02. The molecule has 3 atom stereocenters. The van der Waals surface area contributed by atoms with Crippen LogP contribution in [0.1, 0.15) is 52.5 Å². The second-order valence-corrected chi connectivity index (χ2v) is 7.27. The normalized spacial score (nSPS) is 26.1. The van der Waals surface area contributed by atoms with Gasteiger partial charge < -0.3 is 4.74 Å². The highest BCUT2D eigenvalue weighted by molar-refractivity contribution is 5.27. The van der Waals surface area contributed by atoms with Crippen molar-refractivity contribution in [3.8, 4) is 11.8 Å². The lowest BCUT2D eigenvalue weighted by atomic mass is 9.69. The molecule has 1 aliphatic rings. The zero-order valence-electron chi connectivity index (χ0n) is 13.7. The Labute approximate surface area is 129 Å². The van der Waals surface area contributed by atoms with Crippen LogP contribution < -0.4 is 4.74 Å². The summed E-state index contributed by atoms with van der Waals surface area (Å²) < 4.78 is 6.16. The van der Waals surface area contributed by atoms with E-state index in [1.54, 1.807) is 0 Å². The van der Waals surface area contributed by atoms with E-state index < -0.39 is 0 Å². The monoisotopic (exact) mass is 285 g/mol.